The molecule has 0 unspecified atom stereocenters. The van der Waals surface area contributed by atoms with E-state index in [2.05, 4.69) is 15.0 Å². The lowest BCUT2D eigenvalue weighted by Crippen LogP contribution is -2.41. The fourth-order valence-electron chi connectivity index (χ4n) is 2.29. The monoisotopic (exact) mass is 298 g/mol. The zero-order valence-corrected chi connectivity index (χ0v) is 13.2. The van der Waals surface area contributed by atoms with E-state index in [1.807, 2.05) is 39.8 Å². The van der Waals surface area contributed by atoms with Crippen LogP contribution in [0.1, 0.15) is 27.7 Å². The third-order valence-corrected chi connectivity index (χ3v) is 4.30. The summed E-state index contributed by atoms with van der Waals surface area (Å²) >= 11 is 0. The topological polar surface area (TPSA) is 83.2 Å². The molecule has 114 valence electrons. The second kappa shape index (κ2) is 5.03. The van der Waals surface area contributed by atoms with Crippen molar-refractivity contribution in [1.82, 2.24) is 15.0 Å². The number of aromatic nitrogens is 3. The molecule has 0 saturated carbocycles. The Balaban J connectivity index is 2.06. The molecule has 22 heavy (non-hydrogen) atoms. The molecule has 2 N–H and O–H groups in total. The first kappa shape index (κ1) is 14.9. The van der Waals surface area contributed by atoms with E-state index in [-0.39, 0.29) is 5.95 Å². The van der Waals surface area contributed by atoms with Crippen LogP contribution in [0.3, 0.4) is 0 Å². The average Bonchev–Trinajstić information content (AvgIpc) is 2.68. The zero-order valence-electron chi connectivity index (χ0n) is 13.2. The van der Waals surface area contributed by atoms with Crippen molar-refractivity contribution in [3.8, 4) is 11.3 Å². The number of nitrogens with zero attached hydrogens (tertiary/aromatic N) is 3. The van der Waals surface area contributed by atoms with Gasteiger partial charge in [0.15, 0.2) is 0 Å². The Morgan fingerprint density at radius 1 is 1.05 bits per heavy atom. The second-order valence-corrected chi connectivity index (χ2v) is 6.36. The molecule has 0 amide bonds. The molecule has 0 atom stereocenters. The van der Waals surface area contributed by atoms with Crippen molar-refractivity contribution in [3.05, 3.63) is 30.7 Å². The number of hydrogen-bond acceptors (Lipinski definition) is 6. The molecule has 0 bridgehead atoms. The van der Waals surface area contributed by atoms with Gasteiger partial charge in [-0.2, -0.15) is 0 Å². The van der Waals surface area contributed by atoms with Crippen molar-refractivity contribution in [2.75, 3.05) is 5.73 Å². The van der Waals surface area contributed by atoms with Gasteiger partial charge < -0.3 is 15.0 Å². The van der Waals surface area contributed by atoms with Crippen molar-refractivity contribution in [1.29, 1.82) is 0 Å². The van der Waals surface area contributed by atoms with Crippen LogP contribution >= 0.6 is 0 Å². The highest BCUT2D eigenvalue weighted by Crippen LogP contribution is 2.37. The summed E-state index contributed by atoms with van der Waals surface area (Å²) < 4.78 is 12.2. The van der Waals surface area contributed by atoms with Crippen LogP contribution in [0, 0.1) is 0 Å². The van der Waals surface area contributed by atoms with E-state index >= 15 is 0 Å². The molecule has 1 aliphatic heterocycles. The first-order valence-electron chi connectivity index (χ1n) is 7.19. The molecule has 1 saturated heterocycles. The van der Waals surface area contributed by atoms with Gasteiger partial charge in [-0.1, -0.05) is 0 Å². The molecule has 0 aliphatic carbocycles. The summed E-state index contributed by atoms with van der Waals surface area (Å²) in [4.78, 5) is 12.5. The summed E-state index contributed by atoms with van der Waals surface area (Å²) in [6.45, 7) is 8.04. The van der Waals surface area contributed by atoms with Crippen LogP contribution < -0.4 is 11.2 Å². The molecular weight excluding hydrogens is 279 g/mol. The number of nitrogens with two attached hydrogens (primary N) is 1. The maximum atomic E-state index is 6.09. The van der Waals surface area contributed by atoms with Crippen molar-refractivity contribution < 1.29 is 9.31 Å². The van der Waals surface area contributed by atoms with Crippen molar-refractivity contribution in [2.24, 2.45) is 0 Å². The van der Waals surface area contributed by atoms with Crippen LogP contribution in [0.25, 0.3) is 11.3 Å². The van der Waals surface area contributed by atoms with Crippen molar-refractivity contribution in [3.63, 3.8) is 0 Å². The van der Waals surface area contributed by atoms with Gasteiger partial charge in [0, 0.05) is 29.6 Å². The largest absolute Gasteiger partial charge is 0.498 e. The van der Waals surface area contributed by atoms with Gasteiger partial charge in [-0.15, -0.1) is 0 Å². The number of nitrogen functional groups attached to an aromatic ring is 1. The minimum atomic E-state index is -0.534. The van der Waals surface area contributed by atoms with E-state index in [1.54, 1.807) is 18.6 Å². The van der Waals surface area contributed by atoms with Gasteiger partial charge in [-0.25, -0.2) is 9.97 Å². The van der Waals surface area contributed by atoms with Gasteiger partial charge in [0.05, 0.1) is 16.9 Å². The highest BCUT2D eigenvalue weighted by molar-refractivity contribution is 6.63. The van der Waals surface area contributed by atoms with Crippen molar-refractivity contribution >= 4 is 18.5 Å². The molecule has 3 heterocycles. The lowest BCUT2D eigenvalue weighted by molar-refractivity contribution is 0.00578. The minimum Gasteiger partial charge on any atom is -0.399 e. The lowest BCUT2D eigenvalue weighted by atomic mass is 9.77. The molecule has 6 nitrogen and oxygen atoms in total. The number of rotatable bonds is 2. The molecule has 0 aromatic carbocycles. The predicted octanol–water partition coefficient (Wildman–Crippen LogP) is 1.42. The molecular formula is C15H19BN4O2. The highest BCUT2D eigenvalue weighted by atomic mass is 16.7. The number of anilines is 1. The maximum absolute atomic E-state index is 6.09. The van der Waals surface area contributed by atoms with Gasteiger partial charge in [0.25, 0.3) is 0 Å². The maximum Gasteiger partial charge on any atom is 0.498 e. The summed E-state index contributed by atoms with van der Waals surface area (Å²) in [5, 5.41) is 0. The van der Waals surface area contributed by atoms with Crippen LogP contribution in [-0.4, -0.2) is 33.3 Å². The number of pyridine rings is 1. The summed E-state index contributed by atoms with van der Waals surface area (Å²) in [7, 11) is -0.534. The van der Waals surface area contributed by atoms with Gasteiger partial charge in [0.2, 0.25) is 5.95 Å². The first-order chi connectivity index (χ1) is 10.3. The van der Waals surface area contributed by atoms with Gasteiger partial charge in [-0.05, 0) is 39.8 Å². The third-order valence-electron chi connectivity index (χ3n) is 4.30. The predicted molar refractivity (Wildman–Crippen MR) is 85.4 cm³/mol. The molecule has 1 aliphatic rings. The Labute approximate surface area is 130 Å². The van der Waals surface area contributed by atoms with Crippen LogP contribution in [0.2, 0.25) is 0 Å². The SMILES string of the molecule is CC1(C)OB(c2cnc(N)nc2-c2ccncc2)OC1(C)C. The number of hydrogen-bond donors (Lipinski definition) is 1. The van der Waals surface area contributed by atoms with E-state index in [4.69, 9.17) is 15.0 Å². The fourth-order valence-corrected chi connectivity index (χ4v) is 2.29. The average molecular weight is 298 g/mol. The Kier molecular flexibility index (Phi) is 3.42. The van der Waals surface area contributed by atoms with Crippen LogP contribution in [0.4, 0.5) is 5.95 Å². The van der Waals surface area contributed by atoms with E-state index in [0.29, 0.717) is 5.69 Å². The second-order valence-electron chi connectivity index (χ2n) is 6.36. The zero-order chi connectivity index (χ0) is 16.0. The van der Waals surface area contributed by atoms with E-state index in [9.17, 15) is 0 Å². The minimum absolute atomic E-state index is 0.215. The van der Waals surface area contributed by atoms with Crippen LogP contribution in [0.15, 0.2) is 30.7 Å². The quantitative estimate of drug-likeness (QED) is 0.844. The summed E-state index contributed by atoms with van der Waals surface area (Å²) in [5.41, 5.74) is 7.27. The molecule has 2 aromatic rings. The standard InChI is InChI=1S/C15H19BN4O2/c1-14(2)15(3,4)22-16(21-14)11-9-19-13(17)20-12(11)10-5-7-18-8-6-10/h5-9H,1-4H3,(H2,17,19,20). The first-order valence-corrected chi connectivity index (χ1v) is 7.19. The Morgan fingerprint density at radius 3 is 2.23 bits per heavy atom. The lowest BCUT2D eigenvalue weighted by Gasteiger charge is -2.32. The van der Waals surface area contributed by atoms with Crippen molar-refractivity contribution in [2.45, 2.75) is 38.9 Å². The van der Waals surface area contributed by atoms with E-state index < -0.39 is 18.3 Å². The molecule has 0 spiro atoms. The Bertz CT molecular complexity index is 675. The van der Waals surface area contributed by atoms with E-state index in [1.165, 1.54) is 0 Å². The highest BCUT2D eigenvalue weighted by Gasteiger charge is 2.52. The molecule has 0 radical (unpaired) electrons. The molecule has 2 aromatic heterocycles. The third kappa shape index (κ3) is 2.46. The van der Waals surface area contributed by atoms with Gasteiger partial charge >= 0.3 is 7.12 Å². The summed E-state index contributed by atoms with van der Waals surface area (Å²) in [5.74, 6) is 0.215. The summed E-state index contributed by atoms with van der Waals surface area (Å²) in [6, 6.07) is 3.74. The smallest absolute Gasteiger partial charge is 0.399 e. The normalized spacial score (nSPS) is 19.4. The Morgan fingerprint density at radius 2 is 1.64 bits per heavy atom. The summed E-state index contributed by atoms with van der Waals surface area (Å²) in [6.07, 6.45) is 5.09. The molecule has 3 rings (SSSR count). The van der Waals surface area contributed by atoms with Gasteiger partial charge in [-0.3, -0.25) is 4.98 Å². The Hall–Kier alpha value is -1.99. The van der Waals surface area contributed by atoms with Gasteiger partial charge in [0.1, 0.15) is 0 Å². The molecule has 7 heteroatoms. The fraction of sp³-hybridized carbons (Fsp3) is 0.400. The van der Waals surface area contributed by atoms with Crippen LogP contribution in [0.5, 0.6) is 0 Å². The molecule has 1 fully saturated rings. The van der Waals surface area contributed by atoms with E-state index in [0.717, 1.165) is 11.0 Å². The van der Waals surface area contributed by atoms with Crippen LogP contribution in [-0.2, 0) is 9.31 Å².